The van der Waals surface area contributed by atoms with E-state index in [9.17, 15) is 13.6 Å². The highest BCUT2D eigenvalue weighted by Gasteiger charge is 2.24. The highest BCUT2D eigenvalue weighted by atomic mass is 32.2. The van der Waals surface area contributed by atoms with Crippen molar-refractivity contribution in [1.29, 1.82) is 0 Å². The van der Waals surface area contributed by atoms with E-state index in [0.717, 1.165) is 17.4 Å². The normalized spacial score (nSPS) is 17.8. The molecule has 0 radical (unpaired) electrons. The average molecular weight is 390 g/mol. The molecule has 2 nitrogen and oxygen atoms in total. The van der Waals surface area contributed by atoms with Gasteiger partial charge in [-0.15, -0.1) is 0 Å². The third-order valence-corrected chi connectivity index (χ3v) is 6.31. The number of benzene rings is 2. The standard InChI is InChI=1S/C22H25F2NOS/c1-15(2)17-5-3-16(4-6-17)13-22(26)25-10-9-21(27-12-11-25)19-14-18(23)7-8-20(19)24/h3-8,14-15,21H,9-13H2,1-2H3. The molecule has 1 aliphatic rings. The van der Waals surface area contributed by atoms with Crippen LogP contribution in [0.2, 0.25) is 0 Å². The molecule has 0 saturated carbocycles. The van der Waals surface area contributed by atoms with E-state index < -0.39 is 5.82 Å². The van der Waals surface area contributed by atoms with Gasteiger partial charge in [0.1, 0.15) is 11.6 Å². The van der Waals surface area contributed by atoms with Crippen LogP contribution in [0.4, 0.5) is 8.78 Å². The van der Waals surface area contributed by atoms with Crippen molar-refractivity contribution in [3.8, 4) is 0 Å². The van der Waals surface area contributed by atoms with Crippen LogP contribution in [0.3, 0.4) is 0 Å². The molecule has 2 aromatic carbocycles. The van der Waals surface area contributed by atoms with E-state index in [4.69, 9.17) is 0 Å². The molecule has 1 aliphatic heterocycles. The van der Waals surface area contributed by atoms with Gasteiger partial charge in [0.2, 0.25) is 5.91 Å². The Hall–Kier alpha value is -1.88. The fourth-order valence-electron chi connectivity index (χ4n) is 3.34. The molecule has 1 fully saturated rings. The molecule has 0 bridgehead atoms. The monoisotopic (exact) mass is 389 g/mol. The van der Waals surface area contributed by atoms with Crippen molar-refractivity contribution in [3.05, 3.63) is 70.8 Å². The third-order valence-electron chi connectivity index (χ3n) is 5.00. The first-order valence-corrected chi connectivity index (χ1v) is 10.4. The van der Waals surface area contributed by atoms with Crippen molar-refractivity contribution in [3.63, 3.8) is 0 Å². The lowest BCUT2D eigenvalue weighted by Gasteiger charge is -2.20. The van der Waals surface area contributed by atoms with Gasteiger partial charge in [-0.05, 0) is 41.7 Å². The largest absolute Gasteiger partial charge is 0.342 e. The van der Waals surface area contributed by atoms with E-state index in [1.165, 1.54) is 17.7 Å². The predicted molar refractivity (Wildman–Crippen MR) is 107 cm³/mol. The van der Waals surface area contributed by atoms with Gasteiger partial charge in [0, 0.05) is 29.7 Å². The maximum Gasteiger partial charge on any atom is 0.227 e. The first-order chi connectivity index (χ1) is 12.9. The van der Waals surface area contributed by atoms with E-state index in [1.807, 2.05) is 17.0 Å². The van der Waals surface area contributed by atoms with E-state index in [2.05, 4.69) is 26.0 Å². The van der Waals surface area contributed by atoms with Crippen LogP contribution in [0.15, 0.2) is 42.5 Å². The summed E-state index contributed by atoms with van der Waals surface area (Å²) in [6.07, 6.45) is 1.01. The topological polar surface area (TPSA) is 20.3 Å². The minimum absolute atomic E-state index is 0.0910. The van der Waals surface area contributed by atoms with Gasteiger partial charge in [-0.1, -0.05) is 38.1 Å². The van der Waals surface area contributed by atoms with Crippen molar-refractivity contribution in [2.75, 3.05) is 18.8 Å². The highest BCUT2D eigenvalue weighted by Crippen LogP contribution is 2.36. The van der Waals surface area contributed by atoms with Gasteiger partial charge in [-0.3, -0.25) is 4.79 Å². The molecule has 0 aromatic heterocycles. The number of nitrogens with zero attached hydrogens (tertiary/aromatic N) is 1. The smallest absolute Gasteiger partial charge is 0.227 e. The van der Waals surface area contributed by atoms with Crippen molar-refractivity contribution < 1.29 is 13.6 Å². The third kappa shape index (κ3) is 5.10. The number of amides is 1. The summed E-state index contributed by atoms with van der Waals surface area (Å²) < 4.78 is 27.5. The van der Waals surface area contributed by atoms with Crippen LogP contribution in [-0.4, -0.2) is 29.6 Å². The lowest BCUT2D eigenvalue weighted by Crippen LogP contribution is -2.34. The number of hydrogen-bond donors (Lipinski definition) is 0. The summed E-state index contributed by atoms with van der Waals surface area (Å²) in [6.45, 7) is 5.50. The molecule has 0 spiro atoms. The van der Waals surface area contributed by atoms with Gasteiger partial charge in [-0.2, -0.15) is 11.8 Å². The highest BCUT2D eigenvalue weighted by molar-refractivity contribution is 7.99. The predicted octanol–water partition coefficient (Wildman–Crippen LogP) is 5.34. The Kier molecular flexibility index (Phi) is 6.53. The summed E-state index contributed by atoms with van der Waals surface area (Å²) in [5, 5.41) is -0.121. The molecule has 1 saturated heterocycles. The Labute approximate surface area is 164 Å². The first-order valence-electron chi connectivity index (χ1n) is 9.37. The summed E-state index contributed by atoms with van der Waals surface area (Å²) in [6, 6.07) is 11.8. The Bertz CT molecular complexity index is 791. The number of carbonyl (C=O) groups excluding carboxylic acids is 1. The summed E-state index contributed by atoms with van der Waals surface area (Å²) >= 11 is 1.59. The maximum atomic E-state index is 14.1. The van der Waals surface area contributed by atoms with Crippen LogP contribution in [0.1, 0.15) is 48.1 Å². The molecular weight excluding hydrogens is 364 g/mol. The minimum Gasteiger partial charge on any atom is -0.342 e. The van der Waals surface area contributed by atoms with Gasteiger partial charge >= 0.3 is 0 Å². The molecule has 5 heteroatoms. The number of thioether (sulfide) groups is 1. The molecule has 0 N–H and O–H groups in total. The Balaban J connectivity index is 1.61. The van der Waals surface area contributed by atoms with E-state index >= 15 is 0 Å². The van der Waals surface area contributed by atoms with Crippen LogP contribution >= 0.6 is 11.8 Å². The van der Waals surface area contributed by atoms with Gasteiger partial charge in [0.15, 0.2) is 0 Å². The number of halogens is 2. The molecule has 1 heterocycles. The molecule has 1 unspecified atom stereocenters. The molecule has 1 amide bonds. The molecule has 144 valence electrons. The summed E-state index contributed by atoms with van der Waals surface area (Å²) in [5.41, 5.74) is 2.67. The Morgan fingerprint density at radius 3 is 2.59 bits per heavy atom. The van der Waals surface area contributed by atoms with Crippen molar-refractivity contribution in [2.45, 2.75) is 37.9 Å². The van der Waals surface area contributed by atoms with E-state index in [-0.39, 0.29) is 17.0 Å². The average Bonchev–Trinajstić information content (AvgIpc) is 2.90. The zero-order valence-corrected chi connectivity index (χ0v) is 16.6. The second-order valence-electron chi connectivity index (χ2n) is 7.27. The SMILES string of the molecule is CC(C)c1ccc(CC(=O)N2CCSC(c3cc(F)ccc3F)CC2)cc1. The van der Waals surface area contributed by atoms with Crippen LogP contribution in [0.5, 0.6) is 0 Å². The van der Waals surface area contributed by atoms with Crippen LogP contribution < -0.4 is 0 Å². The molecule has 2 aromatic rings. The van der Waals surface area contributed by atoms with Crippen LogP contribution in [0.25, 0.3) is 0 Å². The lowest BCUT2D eigenvalue weighted by molar-refractivity contribution is -0.130. The summed E-state index contributed by atoms with van der Waals surface area (Å²) in [5.74, 6) is 0.484. The fraction of sp³-hybridized carbons (Fsp3) is 0.409. The molecule has 0 aliphatic carbocycles. The van der Waals surface area contributed by atoms with Crippen LogP contribution in [0, 0.1) is 11.6 Å². The quantitative estimate of drug-likeness (QED) is 0.704. The summed E-state index contributed by atoms with van der Waals surface area (Å²) in [4.78, 5) is 14.5. The lowest BCUT2D eigenvalue weighted by atomic mass is 10.0. The molecule has 1 atom stereocenters. The van der Waals surface area contributed by atoms with Crippen LogP contribution in [-0.2, 0) is 11.2 Å². The van der Waals surface area contributed by atoms with Gasteiger partial charge in [0.25, 0.3) is 0 Å². The Morgan fingerprint density at radius 1 is 1.15 bits per heavy atom. The fourth-order valence-corrected chi connectivity index (χ4v) is 4.58. The second kappa shape index (κ2) is 8.87. The van der Waals surface area contributed by atoms with Gasteiger partial charge in [-0.25, -0.2) is 8.78 Å². The zero-order valence-electron chi connectivity index (χ0n) is 15.8. The minimum atomic E-state index is -0.422. The van der Waals surface area contributed by atoms with E-state index in [0.29, 0.717) is 37.4 Å². The van der Waals surface area contributed by atoms with Crippen molar-refractivity contribution in [1.82, 2.24) is 4.90 Å². The zero-order chi connectivity index (χ0) is 19.4. The Morgan fingerprint density at radius 2 is 1.89 bits per heavy atom. The van der Waals surface area contributed by atoms with Crippen molar-refractivity contribution in [2.24, 2.45) is 0 Å². The van der Waals surface area contributed by atoms with Gasteiger partial charge in [0.05, 0.1) is 6.42 Å². The number of hydrogen-bond acceptors (Lipinski definition) is 2. The number of rotatable bonds is 4. The molecule has 27 heavy (non-hydrogen) atoms. The summed E-state index contributed by atoms with van der Waals surface area (Å²) in [7, 11) is 0. The maximum absolute atomic E-state index is 14.1. The first kappa shape index (κ1) is 19.9. The molecule has 3 rings (SSSR count). The van der Waals surface area contributed by atoms with Gasteiger partial charge < -0.3 is 4.90 Å². The second-order valence-corrected chi connectivity index (χ2v) is 8.58. The molecular formula is C22H25F2NOS. The van der Waals surface area contributed by atoms with Crippen molar-refractivity contribution >= 4 is 17.7 Å². The number of carbonyl (C=O) groups is 1. The van der Waals surface area contributed by atoms with E-state index in [1.54, 1.807) is 11.8 Å².